The molecule has 1 aliphatic heterocycles. The van der Waals surface area contributed by atoms with Crippen molar-refractivity contribution in [1.82, 2.24) is 4.90 Å². The lowest BCUT2D eigenvalue weighted by Crippen LogP contribution is -2.46. The van der Waals surface area contributed by atoms with E-state index in [4.69, 9.17) is 26.8 Å². The molecule has 0 spiro atoms. The summed E-state index contributed by atoms with van der Waals surface area (Å²) in [5.74, 6) is 1.23. The van der Waals surface area contributed by atoms with Gasteiger partial charge in [0.1, 0.15) is 23.3 Å². The Labute approximate surface area is 153 Å². The molecule has 0 bridgehead atoms. The lowest BCUT2D eigenvalue weighted by Gasteiger charge is -2.34. The van der Waals surface area contributed by atoms with Gasteiger partial charge in [-0.15, -0.1) is 11.6 Å². The molecule has 1 aromatic rings. The number of alkyl halides is 1. The van der Waals surface area contributed by atoms with Gasteiger partial charge < -0.3 is 20.1 Å². The number of benzene rings is 1. The number of piperidine rings is 1. The Morgan fingerprint density at radius 2 is 2.20 bits per heavy atom. The molecule has 0 saturated carbocycles. The third-order valence-corrected chi connectivity index (χ3v) is 3.83. The van der Waals surface area contributed by atoms with Gasteiger partial charge in [-0.3, -0.25) is 0 Å². The van der Waals surface area contributed by atoms with Gasteiger partial charge in [0.15, 0.2) is 0 Å². The van der Waals surface area contributed by atoms with Crippen molar-refractivity contribution in [3.63, 3.8) is 0 Å². The summed E-state index contributed by atoms with van der Waals surface area (Å²) in [5, 5.41) is 0. The SMILES string of the molecule is CC(C)(C)OC(=O)N1CCCC(Oc2cccc(N=C(N)CCl)c2)C1. The van der Waals surface area contributed by atoms with E-state index < -0.39 is 5.60 Å². The van der Waals surface area contributed by atoms with Gasteiger partial charge in [0.25, 0.3) is 0 Å². The summed E-state index contributed by atoms with van der Waals surface area (Å²) in [7, 11) is 0. The van der Waals surface area contributed by atoms with E-state index in [1.165, 1.54) is 0 Å². The lowest BCUT2D eigenvalue weighted by atomic mass is 10.1. The van der Waals surface area contributed by atoms with Crippen LogP contribution in [0.25, 0.3) is 0 Å². The highest BCUT2D eigenvalue weighted by Gasteiger charge is 2.28. The molecule has 1 heterocycles. The van der Waals surface area contributed by atoms with E-state index in [9.17, 15) is 4.79 Å². The number of carbonyl (C=O) groups is 1. The number of hydrogen-bond donors (Lipinski definition) is 1. The van der Waals surface area contributed by atoms with E-state index in [0.29, 0.717) is 30.4 Å². The Bertz CT molecular complexity index is 628. The molecular formula is C18H26ClN3O3. The Hall–Kier alpha value is -1.95. The van der Waals surface area contributed by atoms with Gasteiger partial charge in [-0.2, -0.15) is 0 Å². The second-order valence-corrected chi connectivity index (χ2v) is 7.31. The third kappa shape index (κ3) is 6.46. The first kappa shape index (κ1) is 19.4. The second kappa shape index (κ2) is 8.43. The van der Waals surface area contributed by atoms with E-state index in [0.717, 1.165) is 12.8 Å². The molecule has 138 valence electrons. The number of amides is 1. The van der Waals surface area contributed by atoms with E-state index in [-0.39, 0.29) is 18.1 Å². The Balaban J connectivity index is 1.98. The van der Waals surface area contributed by atoms with Crippen molar-refractivity contribution in [3.05, 3.63) is 24.3 Å². The molecule has 1 atom stereocenters. The van der Waals surface area contributed by atoms with Gasteiger partial charge in [0, 0.05) is 12.6 Å². The van der Waals surface area contributed by atoms with Gasteiger partial charge in [-0.05, 0) is 45.7 Å². The summed E-state index contributed by atoms with van der Waals surface area (Å²) < 4.78 is 11.5. The maximum Gasteiger partial charge on any atom is 0.410 e. The molecule has 6 nitrogen and oxygen atoms in total. The van der Waals surface area contributed by atoms with Gasteiger partial charge in [0.05, 0.1) is 18.1 Å². The number of rotatable bonds is 4. The zero-order valence-corrected chi connectivity index (χ0v) is 15.8. The van der Waals surface area contributed by atoms with Crippen molar-refractivity contribution in [1.29, 1.82) is 0 Å². The fraction of sp³-hybridized carbons (Fsp3) is 0.556. The molecule has 0 aromatic heterocycles. The molecule has 0 aliphatic carbocycles. The summed E-state index contributed by atoms with van der Waals surface area (Å²) in [6, 6.07) is 7.36. The second-order valence-electron chi connectivity index (χ2n) is 7.04. The van der Waals surface area contributed by atoms with Crippen LogP contribution in [0.4, 0.5) is 10.5 Å². The smallest absolute Gasteiger partial charge is 0.410 e. The number of carbonyl (C=O) groups excluding carboxylic acids is 1. The number of amidine groups is 1. The van der Waals surface area contributed by atoms with Crippen LogP contribution < -0.4 is 10.5 Å². The van der Waals surface area contributed by atoms with Crippen LogP contribution in [0.5, 0.6) is 5.75 Å². The van der Waals surface area contributed by atoms with Gasteiger partial charge in [0.2, 0.25) is 0 Å². The highest BCUT2D eigenvalue weighted by molar-refractivity contribution is 6.28. The monoisotopic (exact) mass is 367 g/mol. The van der Waals surface area contributed by atoms with Crippen molar-refractivity contribution < 1.29 is 14.3 Å². The first-order chi connectivity index (χ1) is 11.8. The maximum absolute atomic E-state index is 12.2. The average molecular weight is 368 g/mol. The van der Waals surface area contributed by atoms with E-state index in [2.05, 4.69) is 4.99 Å². The normalized spacial score (nSPS) is 18.8. The summed E-state index contributed by atoms with van der Waals surface area (Å²) in [6.07, 6.45) is 1.39. The quantitative estimate of drug-likeness (QED) is 0.500. The molecule has 1 fully saturated rings. The van der Waals surface area contributed by atoms with Gasteiger partial charge in [-0.25, -0.2) is 9.79 Å². The van der Waals surface area contributed by atoms with Crippen molar-refractivity contribution in [2.45, 2.75) is 45.3 Å². The molecular weight excluding hydrogens is 342 g/mol. The van der Waals surface area contributed by atoms with Crippen LogP contribution in [-0.4, -0.2) is 47.5 Å². The van der Waals surface area contributed by atoms with Crippen molar-refractivity contribution in [2.24, 2.45) is 10.7 Å². The molecule has 1 amide bonds. The first-order valence-electron chi connectivity index (χ1n) is 8.40. The minimum atomic E-state index is -0.500. The summed E-state index contributed by atoms with van der Waals surface area (Å²) in [5.41, 5.74) is 5.85. The van der Waals surface area contributed by atoms with Crippen LogP contribution in [0.1, 0.15) is 33.6 Å². The molecule has 2 rings (SSSR count). The molecule has 2 N–H and O–H groups in total. The van der Waals surface area contributed by atoms with Crippen molar-refractivity contribution in [2.75, 3.05) is 19.0 Å². The number of aliphatic imine (C=N–C) groups is 1. The number of likely N-dealkylation sites (tertiary alicyclic amines) is 1. The topological polar surface area (TPSA) is 77.1 Å². The van der Waals surface area contributed by atoms with Crippen LogP contribution in [0.2, 0.25) is 0 Å². The first-order valence-corrected chi connectivity index (χ1v) is 8.94. The fourth-order valence-corrected chi connectivity index (χ4v) is 2.60. The number of ether oxygens (including phenoxy) is 2. The summed E-state index contributed by atoms with van der Waals surface area (Å²) in [4.78, 5) is 18.1. The zero-order valence-electron chi connectivity index (χ0n) is 15.0. The Morgan fingerprint density at radius 1 is 1.44 bits per heavy atom. The molecule has 1 aliphatic rings. The third-order valence-electron chi connectivity index (χ3n) is 3.56. The van der Waals surface area contributed by atoms with Crippen LogP contribution in [-0.2, 0) is 4.74 Å². The van der Waals surface area contributed by atoms with E-state index >= 15 is 0 Å². The maximum atomic E-state index is 12.2. The van der Waals surface area contributed by atoms with E-state index in [1.54, 1.807) is 4.90 Å². The Kier molecular flexibility index (Phi) is 6.53. The molecule has 25 heavy (non-hydrogen) atoms. The van der Waals surface area contributed by atoms with Gasteiger partial charge in [-0.1, -0.05) is 6.07 Å². The highest BCUT2D eigenvalue weighted by Crippen LogP contribution is 2.24. The van der Waals surface area contributed by atoms with Crippen molar-refractivity contribution >= 4 is 29.2 Å². The van der Waals surface area contributed by atoms with Crippen LogP contribution in [0.15, 0.2) is 29.3 Å². The number of nitrogens with zero attached hydrogens (tertiary/aromatic N) is 2. The summed E-state index contributed by atoms with van der Waals surface area (Å²) >= 11 is 5.65. The number of halogens is 1. The highest BCUT2D eigenvalue weighted by atomic mass is 35.5. The minimum Gasteiger partial charge on any atom is -0.489 e. The largest absolute Gasteiger partial charge is 0.489 e. The fourth-order valence-electron chi connectivity index (χ4n) is 2.54. The molecule has 7 heteroatoms. The molecule has 1 unspecified atom stereocenters. The summed E-state index contributed by atoms with van der Waals surface area (Å²) in [6.45, 7) is 6.78. The number of hydrogen-bond acceptors (Lipinski definition) is 4. The minimum absolute atomic E-state index is 0.0779. The van der Waals surface area contributed by atoms with E-state index in [1.807, 2.05) is 45.0 Å². The predicted molar refractivity (Wildman–Crippen MR) is 99.9 cm³/mol. The number of nitrogens with two attached hydrogens (primary N) is 1. The lowest BCUT2D eigenvalue weighted by molar-refractivity contribution is 0.00776. The molecule has 1 aromatic carbocycles. The standard InChI is InChI=1S/C18H26ClN3O3/c1-18(2,3)25-17(23)22-9-5-8-15(12-22)24-14-7-4-6-13(10-14)21-16(20)11-19/h4,6-7,10,15H,5,8-9,11-12H2,1-3H3,(H2,20,21). The average Bonchev–Trinajstić information content (AvgIpc) is 2.53. The zero-order chi connectivity index (χ0) is 18.4. The van der Waals surface area contributed by atoms with Crippen LogP contribution >= 0.6 is 11.6 Å². The van der Waals surface area contributed by atoms with Gasteiger partial charge >= 0.3 is 6.09 Å². The van der Waals surface area contributed by atoms with Crippen LogP contribution in [0, 0.1) is 0 Å². The molecule has 0 radical (unpaired) electrons. The molecule has 1 saturated heterocycles. The van der Waals surface area contributed by atoms with Crippen LogP contribution in [0.3, 0.4) is 0 Å². The van der Waals surface area contributed by atoms with Crippen molar-refractivity contribution in [3.8, 4) is 5.75 Å². The predicted octanol–water partition coefficient (Wildman–Crippen LogP) is 3.69. The Morgan fingerprint density at radius 3 is 2.88 bits per heavy atom.